The van der Waals surface area contributed by atoms with Crippen LogP contribution in [0.2, 0.25) is 26.2 Å². The fourth-order valence-electron chi connectivity index (χ4n) is 0. The zero-order valence-corrected chi connectivity index (χ0v) is 16.6. The molecule has 0 atom stereocenters. The summed E-state index contributed by atoms with van der Waals surface area (Å²) in [5.74, 6) is 0. The predicted octanol–water partition coefficient (Wildman–Crippen LogP) is -7.62. The van der Waals surface area contributed by atoms with Gasteiger partial charge < -0.3 is 15.1 Å². The molecule has 0 unspecified atom stereocenters. The average molecular weight is 245 g/mol. The van der Waals surface area contributed by atoms with E-state index in [0.717, 1.165) is 0 Å². The quantitative estimate of drug-likeness (QED) is 0.397. The van der Waals surface area contributed by atoms with E-state index in [1.54, 1.807) is 26.2 Å². The molecule has 2 radical (unpaired) electrons. The van der Waals surface area contributed by atoms with E-state index in [-0.39, 0.29) is 108 Å². The molecule has 0 rings (SSSR count). The van der Waals surface area contributed by atoms with Crippen molar-refractivity contribution < 1.29 is 118 Å². The van der Waals surface area contributed by atoms with Crippen molar-refractivity contribution in [3.8, 4) is 0 Å². The first-order chi connectivity index (χ1) is 3.46. The first-order valence-corrected chi connectivity index (χ1v) is 7.22. The maximum atomic E-state index is 9.63. The van der Waals surface area contributed by atoms with Gasteiger partial charge in [0.2, 0.25) is 0 Å². The topological polar surface area (TPSA) is 77.6 Å². The number of rotatable bonds is 0. The van der Waals surface area contributed by atoms with Crippen LogP contribution in [0.25, 0.3) is 0 Å². The van der Waals surface area contributed by atoms with Crippen molar-refractivity contribution in [1.82, 2.24) is 0 Å². The van der Waals surface area contributed by atoms with Crippen molar-refractivity contribution in [1.29, 1.82) is 0 Å². The summed E-state index contributed by atoms with van der Waals surface area (Å²) in [6, 6.07) is 0. The van der Waals surface area contributed by atoms with Crippen LogP contribution in [-0.2, 0) is 0 Å². The molecule has 11 heavy (non-hydrogen) atoms. The summed E-state index contributed by atoms with van der Waals surface area (Å²) >= 11 is 0. The number of hydrogen-bond donors (Lipinski definition) is 0. The zero-order chi connectivity index (χ0) is 7.15. The minimum atomic E-state index is -1.13. The summed E-state index contributed by atoms with van der Waals surface area (Å²) in [5.41, 5.74) is 0. The first-order valence-electron chi connectivity index (χ1n) is 2.41. The maximum Gasteiger partial charge on any atom is 1.00 e. The summed E-state index contributed by atoms with van der Waals surface area (Å²) in [4.78, 5) is 19.3. The van der Waals surface area contributed by atoms with Gasteiger partial charge in [-0.15, -0.1) is 0 Å². The molecule has 0 aromatic carbocycles. The Kier molecular flexibility index (Phi) is 62.4. The van der Waals surface area contributed by atoms with Gasteiger partial charge in [-0.2, -0.15) is 0 Å². The Balaban J connectivity index is -0.0000000171. The van der Waals surface area contributed by atoms with Crippen LogP contribution in [0, 0.1) is 0 Å². The molecule has 58 valence electrons. The molecule has 0 aromatic rings. The Morgan fingerprint density at radius 1 is 0.727 bits per heavy atom. The Hall–Kier alpha value is 3.59. The standard InChI is InChI=1S/2C2H6OSi.2K.H2O/c2*1-4(2)3;;;/h2*1-2H3;;;1H2/q2*-1;2*+1;. The minimum absolute atomic E-state index is 0. The second-order valence-electron chi connectivity index (χ2n) is 1.82. The van der Waals surface area contributed by atoms with Gasteiger partial charge in [0.25, 0.3) is 0 Å². The average Bonchev–Trinajstić information content (AvgIpc) is 1.25. The summed E-state index contributed by atoms with van der Waals surface area (Å²) in [5, 5.41) is 0. The molecule has 3 nitrogen and oxygen atoms in total. The van der Waals surface area contributed by atoms with E-state index in [1.165, 1.54) is 0 Å². The van der Waals surface area contributed by atoms with Gasteiger partial charge in [0, 0.05) is 0 Å². The molecule has 0 amide bonds. The second-order valence-corrected chi connectivity index (χ2v) is 5.45. The smallest absolute Gasteiger partial charge is 0.861 e. The molecule has 0 saturated carbocycles. The summed E-state index contributed by atoms with van der Waals surface area (Å²) in [6.45, 7) is 6.85. The van der Waals surface area contributed by atoms with Crippen LogP contribution in [0.4, 0.5) is 0 Å². The molecule has 0 spiro atoms. The molecule has 0 heterocycles. The van der Waals surface area contributed by atoms with Crippen LogP contribution in [-0.4, -0.2) is 23.6 Å². The van der Waals surface area contributed by atoms with E-state index in [0.29, 0.717) is 0 Å². The van der Waals surface area contributed by atoms with Crippen molar-refractivity contribution in [3.63, 3.8) is 0 Å². The first kappa shape index (κ1) is 29.3. The maximum absolute atomic E-state index is 9.63. The molecule has 0 aliphatic carbocycles. The molecular formula is C4H14K2O3Si2. The van der Waals surface area contributed by atoms with Gasteiger partial charge in [0.15, 0.2) is 0 Å². The van der Waals surface area contributed by atoms with Crippen LogP contribution in [0.15, 0.2) is 0 Å². The van der Waals surface area contributed by atoms with Gasteiger partial charge >= 0.3 is 103 Å². The van der Waals surface area contributed by atoms with Gasteiger partial charge in [-0.3, -0.25) is 0 Å². The zero-order valence-electron chi connectivity index (χ0n) is 8.32. The second kappa shape index (κ2) is 23.4. The molecule has 0 fully saturated rings. The molecule has 0 bridgehead atoms. The van der Waals surface area contributed by atoms with Crippen LogP contribution >= 0.6 is 0 Å². The van der Waals surface area contributed by atoms with E-state index in [2.05, 4.69) is 0 Å². The minimum Gasteiger partial charge on any atom is -0.861 e. The van der Waals surface area contributed by atoms with Crippen LogP contribution in [0.5, 0.6) is 0 Å². The van der Waals surface area contributed by atoms with Crippen molar-refractivity contribution in [2.45, 2.75) is 26.2 Å². The SMILES string of the molecule is C[Si](C)[O-].C[Si](C)[O-].O.[K+].[K+]. The van der Waals surface area contributed by atoms with Crippen molar-refractivity contribution in [2.24, 2.45) is 0 Å². The largest absolute Gasteiger partial charge is 1.00 e. The van der Waals surface area contributed by atoms with Crippen molar-refractivity contribution >= 4 is 18.1 Å². The predicted molar refractivity (Wildman–Crippen MR) is 38.6 cm³/mol. The van der Waals surface area contributed by atoms with E-state index in [1.807, 2.05) is 0 Å². The Bertz CT molecular complexity index is 36.8. The fourth-order valence-corrected chi connectivity index (χ4v) is 0. The van der Waals surface area contributed by atoms with Gasteiger partial charge in [0.05, 0.1) is 0 Å². The third kappa shape index (κ3) is 142. The van der Waals surface area contributed by atoms with Crippen LogP contribution in [0.3, 0.4) is 0 Å². The number of hydrogen-bond acceptors (Lipinski definition) is 2. The van der Waals surface area contributed by atoms with E-state index < -0.39 is 18.1 Å². The van der Waals surface area contributed by atoms with E-state index >= 15 is 0 Å². The molecular weight excluding hydrogens is 230 g/mol. The van der Waals surface area contributed by atoms with Crippen molar-refractivity contribution in [2.75, 3.05) is 0 Å². The van der Waals surface area contributed by atoms with Gasteiger partial charge in [-0.25, -0.2) is 0 Å². The molecule has 7 heteroatoms. The third-order valence-corrected chi connectivity index (χ3v) is 0. The van der Waals surface area contributed by atoms with E-state index in [9.17, 15) is 9.59 Å². The Morgan fingerprint density at radius 3 is 0.727 bits per heavy atom. The van der Waals surface area contributed by atoms with Crippen LogP contribution < -0.4 is 112 Å². The molecule has 0 aliphatic heterocycles. The summed E-state index contributed by atoms with van der Waals surface area (Å²) in [7, 11) is -2.26. The van der Waals surface area contributed by atoms with Gasteiger partial charge in [0.1, 0.15) is 0 Å². The van der Waals surface area contributed by atoms with E-state index in [4.69, 9.17) is 0 Å². The molecule has 2 N–H and O–H groups in total. The Labute approximate surface area is 158 Å². The third-order valence-electron chi connectivity index (χ3n) is 0. The molecule has 0 aromatic heterocycles. The summed E-state index contributed by atoms with van der Waals surface area (Å²) in [6.07, 6.45) is 0. The van der Waals surface area contributed by atoms with Gasteiger partial charge in [-0.1, -0.05) is 44.3 Å². The summed E-state index contributed by atoms with van der Waals surface area (Å²) < 4.78 is 0. The monoisotopic (exact) mass is 244 g/mol. The normalized spacial score (nSPS) is 6.55. The fraction of sp³-hybridized carbons (Fsp3) is 1.00. The Morgan fingerprint density at radius 2 is 0.727 bits per heavy atom. The molecule has 0 aliphatic rings. The van der Waals surface area contributed by atoms with Crippen LogP contribution in [0.1, 0.15) is 0 Å². The molecule has 0 saturated heterocycles. The van der Waals surface area contributed by atoms with Gasteiger partial charge in [-0.05, 0) is 0 Å². The van der Waals surface area contributed by atoms with Crippen molar-refractivity contribution in [3.05, 3.63) is 0 Å².